The van der Waals surface area contributed by atoms with Crippen molar-refractivity contribution in [1.29, 1.82) is 0 Å². The van der Waals surface area contributed by atoms with E-state index in [0.29, 0.717) is 12.1 Å². The summed E-state index contributed by atoms with van der Waals surface area (Å²) in [6.07, 6.45) is -5.83. The van der Waals surface area contributed by atoms with E-state index in [4.69, 9.17) is 0 Å². The fourth-order valence-electron chi connectivity index (χ4n) is 3.17. The van der Waals surface area contributed by atoms with Crippen molar-refractivity contribution in [1.82, 2.24) is 0 Å². The second-order valence-electron chi connectivity index (χ2n) is 6.10. The molecule has 148 valence electrons. The number of alkyl halides is 3. The molecule has 0 heterocycles. The SMILES string of the molecule is O=C(O)CC(C(=O)O)(c1ccc(C(F)(F)F)cc1)C(C(=O)O)c1ccccc1. The number of halogens is 3. The number of benzene rings is 2. The first kappa shape index (κ1) is 20.9. The lowest BCUT2D eigenvalue weighted by Gasteiger charge is -2.34. The van der Waals surface area contributed by atoms with Crippen molar-refractivity contribution in [2.75, 3.05) is 0 Å². The van der Waals surface area contributed by atoms with E-state index < -0.39 is 47.4 Å². The van der Waals surface area contributed by atoms with E-state index in [-0.39, 0.29) is 11.1 Å². The first-order chi connectivity index (χ1) is 13.0. The lowest BCUT2D eigenvalue weighted by Crippen LogP contribution is -2.46. The molecule has 2 unspecified atom stereocenters. The topological polar surface area (TPSA) is 112 Å². The molecule has 28 heavy (non-hydrogen) atoms. The van der Waals surface area contributed by atoms with E-state index in [1.54, 1.807) is 6.07 Å². The van der Waals surface area contributed by atoms with Gasteiger partial charge in [-0.2, -0.15) is 13.2 Å². The lowest BCUT2D eigenvalue weighted by molar-refractivity contribution is -0.156. The summed E-state index contributed by atoms with van der Waals surface area (Å²) < 4.78 is 38.5. The molecule has 0 aliphatic heterocycles. The molecule has 2 aromatic carbocycles. The van der Waals surface area contributed by atoms with Crippen LogP contribution in [0.5, 0.6) is 0 Å². The van der Waals surface area contributed by atoms with Crippen molar-refractivity contribution in [2.45, 2.75) is 23.9 Å². The minimum absolute atomic E-state index is 0.0125. The zero-order chi connectivity index (χ0) is 21.1. The average Bonchev–Trinajstić information content (AvgIpc) is 2.60. The summed E-state index contributed by atoms with van der Waals surface area (Å²) in [7, 11) is 0. The van der Waals surface area contributed by atoms with Crippen molar-refractivity contribution >= 4 is 17.9 Å². The summed E-state index contributed by atoms with van der Waals surface area (Å²) in [5.41, 5.74) is -3.94. The van der Waals surface area contributed by atoms with E-state index in [2.05, 4.69) is 0 Å². The van der Waals surface area contributed by atoms with Crippen LogP contribution in [0.2, 0.25) is 0 Å². The molecule has 0 aromatic heterocycles. The van der Waals surface area contributed by atoms with Gasteiger partial charge in [0.1, 0.15) is 11.3 Å². The van der Waals surface area contributed by atoms with Crippen LogP contribution in [0.15, 0.2) is 54.6 Å². The molecule has 2 aromatic rings. The van der Waals surface area contributed by atoms with Crippen LogP contribution in [0.25, 0.3) is 0 Å². The molecular formula is C19H15F3O6. The van der Waals surface area contributed by atoms with Crippen LogP contribution in [-0.2, 0) is 26.0 Å². The van der Waals surface area contributed by atoms with Crippen molar-refractivity contribution in [2.24, 2.45) is 0 Å². The number of aliphatic carboxylic acids is 3. The summed E-state index contributed by atoms with van der Waals surface area (Å²) in [4.78, 5) is 35.6. The Kier molecular flexibility index (Phi) is 5.77. The van der Waals surface area contributed by atoms with Gasteiger partial charge in [0.15, 0.2) is 0 Å². The predicted molar refractivity (Wildman–Crippen MR) is 89.8 cm³/mol. The summed E-state index contributed by atoms with van der Waals surface area (Å²) in [5.74, 6) is -6.84. The maximum atomic E-state index is 12.8. The molecule has 0 bridgehead atoms. The number of carboxylic acids is 3. The predicted octanol–water partition coefficient (Wildman–Crippen LogP) is 3.37. The molecular weight excluding hydrogens is 381 g/mol. The lowest BCUT2D eigenvalue weighted by atomic mass is 9.65. The Hall–Kier alpha value is -3.36. The minimum atomic E-state index is -4.69. The molecule has 0 saturated carbocycles. The van der Waals surface area contributed by atoms with Crippen LogP contribution >= 0.6 is 0 Å². The fourth-order valence-corrected chi connectivity index (χ4v) is 3.17. The van der Waals surface area contributed by atoms with E-state index >= 15 is 0 Å². The Bertz CT molecular complexity index is 877. The molecule has 0 amide bonds. The number of carbonyl (C=O) groups is 3. The summed E-state index contributed by atoms with van der Waals surface area (Å²) in [6.45, 7) is 0. The third-order valence-corrected chi connectivity index (χ3v) is 4.41. The normalized spacial score (nSPS) is 14.7. The van der Waals surface area contributed by atoms with E-state index in [0.717, 1.165) is 12.1 Å². The molecule has 2 atom stereocenters. The molecule has 0 aliphatic carbocycles. The second kappa shape index (κ2) is 7.71. The maximum Gasteiger partial charge on any atom is 0.416 e. The number of hydrogen-bond acceptors (Lipinski definition) is 3. The highest BCUT2D eigenvalue weighted by Gasteiger charge is 2.53. The Labute approximate surface area is 156 Å². The van der Waals surface area contributed by atoms with Gasteiger partial charge in [0, 0.05) is 0 Å². The van der Waals surface area contributed by atoms with Gasteiger partial charge in [-0.3, -0.25) is 14.4 Å². The van der Waals surface area contributed by atoms with Crippen LogP contribution in [0.4, 0.5) is 13.2 Å². The van der Waals surface area contributed by atoms with Crippen molar-refractivity contribution in [3.8, 4) is 0 Å². The third kappa shape index (κ3) is 3.98. The average molecular weight is 396 g/mol. The largest absolute Gasteiger partial charge is 0.481 e. The van der Waals surface area contributed by atoms with Gasteiger partial charge in [0.2, 0.25) is 0 Å². The Balaban J connectivity index is 2.77. The molecule has 0 spiro atoms. The van der Waals surface area contributed by atoms with Gasteiger partial charge in [-0.15, -0.1) is 0 Å². The van der Waals surface area contributed by atoms with Gasteiger partial charge in [-0.05, 0) is 23.3 Å². The summed E-state index contributed by atoms with van der Waals surface area (Å²) >= 11 is 0. The number of hydrogen-bond donors (Lipinski definition) is 3. The first-order valence-corrected chi connectivity index (χ1v) is 7.91. The summed E-state index contributed by atoms with van der Waals surface area (Å²) in [5, 5.41) is 28.9. The molecule has 3 N–H and O–H groups in total. The van der Waals surface area contributed by atoms with Crippen LogP contribution in [-0.4, -0.2) is 33.2 Å². The monoisotopic (exact) mass is 396 g/mol. The highest BCUT2D eigenvalue weighted by Crippen LogP contribution is 2.44. The Morgan fingerprint density at radius 2 is 1.32 bits per heavy atom. The molecule has 2 rings (SSSR count). The number of carboxylic acid groups (broad SMARTS) is 3. The quantitative estimate of drug-likeness (QED) is 0.662. The Morgan fingerprint density at radius 3 is 1.71 bits per heavy atom. The maximum absolute atomic E-state index is 12.8. The zero-order valence-electron chi connectivity index (χ0n) is 14.2. The smallest absolute Gasteiger partial charge is 0.416 e. The van der Waals surface area contributed by atoms with Crippen LogP contribution in [0, 0.1) is 0 Å². The zero-order valence-corrected chi connectivity index (χ0v) is 14.2. The van der Waals surface area contributed by atoms with Crippen LogP contribution in [0.1, 0.15) is 29.0 Å². The molecule has 9 heteroatoms. The standard InChI is InChI=1S/C19H15F3O6/c20-19(21,22)13-8-6-12(7-9-13)18(17(27)28,10-14(23)24)15(16(25)26)11-4-2-1-3-5-11/h1-9,15H,10H2,(H,23,24)(H,25,26)(H,27,28). The number of rotatable bonds is 7. The van der Waals surface area contributed by atoms with Gasteiger partial charge in [-0.25, -0.2) is 0 Å². The van der Waals surface area contributed by atoms with E-state index in [1.807, 2.05) is 0 Å². The van der Waals surface area contributed by atoms with Gasteiger partial charge in [0.25, 0.3) is 0 Å². The third-order valence-electron chi connectivity index (χ3n) is 4.41. The molecule has 0 aliphatic rings. The van der Waals surface area contributed by atoms with Crippen LogP contribution in [0.3, 0.4) is 0 Å². The second-order valence-corrected chi connectivity index (χ2v) is 6.10. The van der Waals surface area contributed by atoms with E-state index in [1.165, 1.54) is 24.3 Å². The minimum Gasteiger partial charge on any atom is -0.481 e. The van der Waals surface area contributed by atoms with Crippen molar-refractivity contribution in [3.05, 3.63) is 71.3 Å². The molecule has 6 nitrogen and oxygen atoms in total. The first-order valence-electron chi connectivity index (χ1n) is 7.91. The van der Waals surface area contributed by atoms with Crippen LogP contribution < -0.4 is 0 Å². The highest BCUT2D eigenvalue weighted by atomic mass is 19.4. The van der Waals surface area contributed by atoms with Gasteiger partial charge >= 0.3 is 24.1 Å². The Morgan fingerprint density at radius 1 is 0.821 bits per heavy atom. The van der Waals surface area contributed by atoms with Crippen molar-refractivity contribution in [3.63, 3.8) is 0 Å². The van der Waals surface area contributed by atoms with E-state index in [9.17, 15) is 42.9 Å². The molecule has 0 fully saturated rings. The molecule has 0 saturated heterocycles. The summed E-state index contributed by atoms with van der Waals surface area (Å²) in [6, 6.07) is 9.90. The highest BCUT2D eigenvalue weighted by molar-refractivity contribution is 5.95. The van der Waals surface area contributed by atoms with Gasteiger partial charge < -0.3 is 15.3 Å². The fraction of sp³-hybridized carbons (Fsp3) is 0.211. The molecule has 0 radical (unpaired) electrons. The van der Waals surface area contributed by atoms with Gasteiger partial charge in [-0.1, -0.05) is 42.5 Å². The van der Waals surface area contributed by atoms with Crippen molar-refractivity contribution < 1.29 is 42.9 Å². The van der Waals surface area contributed by atoms with Gasteiger partial charge in [0.05, 0.1) is 12.0 Å².